The van der Waals surface area contributed by atoms with Crippen LogP contribution >= 0.6 is 28.1 Å². The first-order valence-corrected chi connectivity index (χ1v) is 9.56. The van der Waals surface area contributed by atoms with Crippen molar-refractivity contribution in [2.24, 2.45) is 0 Å². The quantitative estimate of drug-likeness (QED) is 0.565. The van der Waals surface area contributed by atoms with Gasteiger partial charge in [0.2, 0.25) is 0 Å². The fourth-order valence-corrected chi connectivity index (χ4v) is 3.93. The number of halogens is 2. The van der Waals surface area contributed by atoms with Crippen LogP contribution in [0.1, 0.15) is 17.3 Å². The highest BCUT2D eigenvalue weighted by molar-refractivity contribution is 9.10. The van der Waals surface area contributed by atoms with E-state index in [4.69, 9.17) is 12.2 Å². The summed E-state index contributed by atoms with van der Waals surface area (Å²) in [7, 11) is 0. The Hall–Kier alpha value is -2.18. The summed E-state index contributed by atoms with van der Waals surface area (Å²) >= 11 is 9.12. The van der Waals surface area contributed by atoms with Crippen molar-refractivity contribution in [3.05, 3.63) is 88.4 Å². The second kappa shape index (κ2) is 7.21. The number of benzene rings is 2. The zero-order valence-electron chi connectivity index (χ0n) is 13.9. The van der Waals surface area contributed by atoms with Gasteiger partial charge < -0.3 is 14.8 Å². The number of hydrogen-bond donors (Lipinski definition) is 1. The van der Waals surface area contributed by atoms with E-state index in [2.05, 4.69) is 30.7 Å². The summed E-state index contributed by atoms with van der Waals surface area (Å²) in [5.74, 6) is -0.219. The van der Waals surface area contributed by atoms with E-state index in [1.165, 1.54) is 6.07 Å². The first-order chi connectivity index (χ1) is 12.6. The van der Waals surface area contributed by atoms with Crippen LogP contribution in [-0.2, 0) is 6.54 Å². The monoisotopic (exact) mass is 429 g/mol. The molecule has 1 aromatic heterocycles. The Morgan fingerprint density at radius 1 is 1.04 bits per heavy atom. The first-order valence-electron chi connectivity index (χ1n) is 8.36. The molecule has 1 aliphatic heterocycles. The molecule has 0 saturated carbocycles. The van der Waals surface area contributed by atoms with Crippen LogP contribution in [0.5, 0.6) is 0 Å². The lowest BCUT2D eigenvalue weighted by molar-refractivity contribution is 0.288. The molecule has 6 heteroatoms. The highest BCUT2D eigenvalue weighted by atomic mass is 79.9. The van der Waals surface area contributed by atoms with E-state index in [1.807, 2.05) is 54.7 Å². The lowest BCUT2D eigenvalue weighted by atomic mass is 10.00. The van der Waals surface area contributed by atoms with Gasteiger partial charge in [0.1, 0.15) is 5.82 Å². The van der Waals surface area contributed by atoms with E-state index in [9.17, 15) is 4.39 Å². The van der Waals surface area contributed by atoms with Gasteiger partial charge in [0.05, 0.1) is 6.04 Å². The maximum absolute atomic E-state index is 14.6. The fourth-order valence-electron chi connectivity index (χ4n) is 3.35. The van der Waals surface area contributed by atoms with E-state index in [0.29, 0.717) is 17.2 Å². The van der Waals surface area contributed by atoms with Crippen molar-refractivity contribution in [1.29, 1.82) is 0 Å². The molecule has 1 atom stereocenters. The SMILES string of the molecule is Fc1ccccc1[C@H]1c2cccn2CCN1C(=S)Nc1ccc(Br)cc1. The lowest BCUT2D eigenvalue weighted by Crippen LogP contribution is -2.44. The molecular weight excluding hydrogens is 413 g/mol. The molecule has 0 unspecified atom stereocenters. The van der Waals surface area contributed by atoms with Gasteiger partial charge in [0.15, 0.2) is 5.11 Å². The minimum Gasteiger partial charge on any atom is -0.348 e. The maximum Gasteiger partial charge on any atom is 0.174 e. The number of hydrogen-bond acceptors (Lipinski definition) is 1. The number of rotatable bonds is 2. The molecule has 0 spiro atoms. The number of fused-ring (bicyclic) bond motifs is 1. The average molecular weight is 430 g/mol. The zero-order chi connectivity index (χ0) is 18.1. The second-order valence-electron chi connectivity index (χ2n) is 6.18. The molecule has 0 saturated heterocycles. The summed E-state index contributed by atoms with van der Waals surface area (Å²) < 4.78 is 17.7. The summed E-state index contributed by atoms with van der Waals surface area (Å²) in [5.41, 5.74) is 2.58. The standard InChI is InChI=1S/C20H17BrFN3S/c21-14-7-9-15(10-8-14)23-20(26)25-13-12-24-11-3-6-18(24)19(25)16-4-1-2-5-17(16)22/h1-11,19H,12-13H2,(H,23,26)/t19-/m0/s1. The molecule has 2 aromatic carbocycles. The second-order valence-corrected chi connectivity index (χ2v) is 7.48. The molecule has 0 bridgehead atoms. The molecule has 2 heterocycles. The van der Waals surface area contributed by atoms with E-state index in [0.717, 1.165) is 22.4 Å². The lowest BCUT2D eigenvalue weighted by Gasteiger charge is -2.39. The van der Waals surface area contributed by atoms with Gasteiger partial charge in [-0.25, -0.2) is 4.39 Å². The molecule has 1 aliphatic rings. The van der Waals surface area contributed by atoms with Crippen LogP contribution in [0, 0.1) is 5.82 Å². The largest absolute Gasteiger partial charge is 0.348 e. The van der Waals surface area contributed by atoms with Crippen molar-refractivity contribution in [3.8, 4) is 0 Å². The van der Waals surface area contributed by atoms with Gasteiger partial charge in [0.25, 0.3) is 0 Å². The molecule has 0 amide bonds. The van der Waals surface area contributed by atoms with Crippen molar-refractivity contribution in [2.75, 3.05) is 11.9 Å². The molecule has 132 valence electrons. The molecule has 1 N–H and O–H groups in total. The van der Waals surface area contributed by atoms with Crippen molar-refractivity contribution in [1.82, 2.24) is 9.47 Å². The Labute approximate surface area is 165 Å². The van der Waals surface area contributed by atoms with Gasteiger partial charge in [-0.3, -0.25) is 0 Å². The topological polar surface area (TPSA) is 20.2 Å². The summed E-state index contributed by atoms with van der Waals surface area (Å²) in [5, 5.41) is 3.88. The van der Waals surface area contributed by atoms with Crippen LogP contribution in [0.3, 0.4) is 0 Å². The summed E-state index contributed by atoms with van der Waals surface area (Å²) in [6.45, 7) is 1.53. The van der Waals surface area contributed by atoms with Gasteiger partial charge in [-0.15, -0.1) is 0 Å². The minimum atomic E-state index is -0.254. The first kappa shape index (κ1) is 17.2. The Morgan fingerprint density at radius 3 is 2.58 bits per heavy atom. The number of anilines is 1. The van der Waals surface area contributed by atoms with E-state index in [1.54, 1.807) is 6.07 Å². The van der Waals surface area contributed by atoms with Crippen molar-refractivity contribution in [3.63, 3.8) is 0 Å². The van der Waals surface area contributed by atoms with Gasteiger partial charge >= 0.3 is 0 Å². The average Bonchev–Trinajstić information content (AvgIpc) is 3.12. The highest BCUT2D eigenvalue weighted by Crippen LogP contribution is 2.34. The van der Waals surface area contributed by atoms with Crippen LogP contribution < -0.4 is 5.32 Å². The minimum absolute atomic E-state index is 0.219. The number of aromatic nitrogens is 1. The summed E-state index contributed by atoms with van der Waals surface area (Å²) in [6.07, 6.45) is 2.03. The van der Waals surface area contributed by atoms with E-state index < -0.39 is 0 Å². The van der Waals surface area contributed by atoms with Gasteiger partial charge in [-0.05, 0) is 54.7 Å². The molecule has 0 radical (unpaired) electrons. The van der Waals surface area contributed by atoms with Crippen LogP contribution in [0.25, 0.3) is 0 Å². The van der Waals surface area contributed by atoms with Crippen molar-refractivity contribution < 1.29 is 4.39 Å². The molecule has 3 aromatic rings. The number of thiocarbonyl (C=S) groups is 1. The van der Waals surface area contributed by atoms with Crippen LogP contribution in [0.4, 0.5) is 10.1 Å². The third-order valence-corrected chi connectivity index (χ3v) is 5.46. The normalized spacial score (nSPS) is 16.2. The third kappa shape index (κ3) is 3.27. The summed E-state index contributed by atoms with van der Waals surface area (Å²) in [4.78, 5) is 2.06. The smallest absolute Gasteiger partial charge is 0.174 e. The predicted octanol–water partition coefficient (Wildman–Crippen LogP) is 5.19. The molecule has 0 aliphatic carbocycles. The van der Waals surface area contributed by atoms with E-state index in [-0.39, 0.29) is 11.9 Å². The summed E-state index contributed by atoms with van der Waals surface area (Å²) in [6, 6.07) is 18.5. The van der Waals surface area contributed by atoms with Crippen molar-refractivity contribution in [2.45, 2.75) is 12.6 Å². The fraction of sp³-hybridized carbons (Fsp3) is 0.150. The molecular formula is C20H17BrFN3S. The Morgan fingerprint density at radius 2 is 1.81 bits per heavy atom. The van der Waals surface area contributed by atoms with Crippen LogP contribution in [0.15, 0.2) is 71.3 Å². The predicted molar refractivity (Wildman–Crippen MR) is 110 cm³/mol. The van der Waals surface area contributed by atoms with E-state index >= 15 is 0 Å². The molecule has 0 fully saturated rings. The Balaban J connectivity index is 1.69. The number of nitrogens with one attached hydrogen (secondary N) is 1. The highest BCUT2D eigenvalue weighted by Gasteiger charge is 2.32. The van der Waals surface area contributed by atoms with Gasteiger partial charge in [-0.2, -0.15) is 0 Å². The van der Waals surface area contributed by atoms with Crippen molar-refractivity contribution >= 4 is 38.9 Å². The van der Waals surface area contributed by atoms with Gasteiger partial charge in [0, 0.05) is 40.7 Å². The van der Waals surface area contributed by atoms with Crippen LogP contribution in [0.2, 0.25) is 0 Å². The number of nitrogens with zero attached hydrogens (tertiary/aromatic N) is 2. The Bertz CT molecular complexity index is 938. The third-order valence-electron chi connectivity index (χ3n) is 4.59. The Kier molecular flexibility index (Phi) is 4.78. The van der Waals surface area contributed by atoms with Crippen LogP contribution in [-0.4, -0.2) is 21.1 Å². The molecule has 26 heavy (non-hydrogen) atoms. The maximum atomic E-state index is 14.6. The molecule has 3 nitrogen and oxygen atoms in total. The molecule has 4 rings (SSSR count). The zero-order valence-corrected chi connectivity index (χ0v) is 16.3. The van der Waals surface area contributed by atoms with Gasteiger partial charge in [-0.1, -0.05) is 34.1 Å².